The second-order valence-corrected chi connectivity index (χ2v) is 4.54. The molecule has 4 heteroatoms. The highest BCUT2D eigenvalue weighted by atomic mass is 35.5. The molecule has 1 aliphatic rings. The molecule has 1 aromatic rings. The Morgan fingerprint density at radius 3 is 2.50 bits per heavy atom. The van der Waals surface area contributed by atoms with Crippen LogP contribution >= 0.6 is 11.6 Å². The summed E-state index contributed by atoms with van der Waals surface area (Å²) < 4.78 is 2.17. The number of aromatic nitrogens is 3. The van der Waals surface area contributed by atoms with Gasteiger partial charge in [-0.25, -0.2) is 0 Å². The van der Waals surface area contributed by atoms with Gasteiger partial charge in [0.2, 0.25) is 0 Å². The van der Waals surface area contributed by atoms with Crippen molar-refractivity contribution in [2.75, 3.05) is 0 Å². The van der Waals surface area contributed by atoms with Crippen molar-refractivity contribution in [3.63, 3.8) is 0 Å². The molecule has 1 heterocycles. The predicted octanol–water partition coefficient (Wildman–Crippen LogP) is 2.55. The molecule has 0 amide bonds. The van der Waals surface area contributed by atoms with E-state index in [4.69, 9.17) is 11.6 Å². The normalized spacial score (nSPS) is 16.6. The van der Waals surface area contributed by atoms with Crippen LogP contribution < -0.4 is 0 Å². The molecule has 0 aromatic carbocycles. The van der Waals surface area contributed by atoms with E-state index in [1.807, 2.05) is 0 Å². The van der Waals surface area contributed by atoms with Gasteiger partial charge in [0.1, 0.15) is 11.6 Å². The first-order chi connectivity index (χ1) is 6.72. The molecule has 2 rings (SSSR count). The fourth-order valence-electron chi connectivity index (χ4n) is 1.77. The van der Waals surface area contributed by atoms with Gasteiger partial charge >= 0.3 is 0 Å². The van der Waals surface area contributed by atoms with Gasteiger partial charge in [0.15, 0.2) is 0 Å². The summed E-state index contributed by atoms with van der Waals surface area (Å²) in [6.07, 6.45) is 3.77. The average molecular weight is 214 g/mol. The van der Waals surface area contributed by atoms with Crippen molar-refractivity contribution in [1.29, 1.82) is 0 Å². The molecule has 0 aliphatic heterocycles. The first kappa shape index (κ1) is 9.97. The smallest absolute Gasteiger partial charge is 0.148 e. The fourth-order valence-corrected chi connectivity index (χ4v) is 1.95. The van der Waals surface area contributed by atoms with E-state index in [0.29, 0.717) is 11.9 Å². The molecule has 1 saturated carbocycles. The predicted molar refractivity (Wildman–Crippen MR) is 56.4 cm³/mol. The molecule has 1 aliphatic carbocycles. The van der Waals surface area contributed by atoms with E-state index in [0.717, 1.165) is 24.0 Å². The van der Waals surface area contributed by atoms with Crippen molar-refractivity contribution in [2.45, 2.75) is 45.0 Å². The van der Waals surface area contributed by atoms with Crippen LogP contribution in [0.5, 0.6) is 0 Å². The first-order valence-corrected chi connectivity index (χ1v) is 5.74. The minimum absolute atomic E-state index is 0.410. The minimum Gasteiger partial charge on any atom is -0.311 e. The van der Waals surface area contributed by atoms with E-state index >= 15 is 0 Å². The highest BCUT2D eigenvalue weighted by Crippen LogP contribution is 2.32. The summed E-state index contributed by atoms with van der Waals surface area (Å²) in [4.78, 5) is 0. The molecule has 0 saturated heterocycles. The van der Waals surface area contributed by atoms with Crippen molar-refractivity contribution in [1.82, 2.24) is 14.8 Å². The number of rotatable bonds is 4. The molecule has 14 heavy (non-hydrogen) atoms. The lowest BCUT2D eigenvalue weighted by molar-refractivity contribution is 0.542. The molecule has 0 radical (unpaired) electrons. The molecule has 3 nitrogen and oxygen atoms in total. The van der Waals surface area contributed by atoms with E-state index in [1.165, 1.54) is 12.8 Å². The van der Waals surface area contributed by atoms with E-state index < -0.39 is 0 Å². The molecule has 1 aromatic heterocycles. The number of alkyl halides is 1. The van der Waals surface area contributed by atoms with Crippen LogP contribution in [0.15, 0.2) is 0 Å². The standard InChI is InChI=1S/C10H16ClN3/c1-7(2)14-9(5-8-3-4-8)12-13-10(14)6-11/h7-8H,3-6H2,1-2H3. The zero-order valence-corrected chi connectivity index (χ0v) is 9.46. The molecule has 1 fully saturated rings. The topological polar surface area (TPSA) is 30.7 Å². The van der Waals surface area contributed by atoms with Crippen LogP contribution in [-0.4, -0.2) is 14.8 Å². The first-order valence-electron chi connectivity index (χ1n) is 5.21. The van der Waals surface area contributed by atoms with E-state index in [1.54, 1.807) is 0 Å². The number of halogens is 1. The van der Waals surface area contributed by atoms with E-state index in [9.17, 15) is 0 Å². The Kier molecular flexibility index (Phi) is 2.77. The van der Waals surface area contributed by atoms with Crippen molar-refractivity contribution in [2.24, 2.45) is 5.92 Å². The third kappa shape index (κ3) is 1.92. The summed E-state index contributed by atoms with van der Waals surface area (Å²) in [5.74, 6) is 3.31. The quantitative estimate of drug-likeness (QED) is 0.720. The Bertz CT molecular complexity index is 315. The molecule has 0 bridgehead atoms. The van der Waals surface area contributed by atoms with Gasteiger partial charge in [-0.15, -0.1) is 21.8 Å². The zero-order chi connectivity index (χ0) is 10.1. The third-order valence-corrected chi connectivity index (χ3v) is 2.88. The Morgan fingerprint density at radius 2 is 2.00 bits per heavy atom. The highest BCUT2D eigenvalue weighted by Gasteiger charge is 2.25. The second-order valence-electron chi connectivity index (χ2n) is 4.28. The summed E-state index contributed by atoms with van der Waals surface area (Å²) in [6.45, 7) is 4.30. The summed E-state index contributed by atoms with van der Waals surface area (Å²) >= 11 is 5.82. The van der Waals surface area contributed by atoms with Gasteiger partial charge in [-0.05, 0) is 32.6 Å². The molecule has 0 unspecified atom stereocenters. The van der Waals surface area contributed by atoms with Gasteiger partial charge < -0.3 is 4.57 Å². The summed E-state index contributed by atoms with van der Waals surface area (Å²) in [5, 5.41) is 8.33. The maximum atomic E-state index is 5.82. The zero-order valence-electron chi connectivity index (χ0n) is 8.70. The summed E-state index contributed by atoms with van der Waals surface area (Å²) in [6, 6.07) is 0.410. The van der Waals surface area contributed by atoms with Crippen molar-refractivity contribution >= 4 is 11.6 Å². The van der Waals surface area contributed by atoms with Crippen molar-refractivity contribution in [3.05, 3.63) is 11.6 Å². The molecule has 0 N–H and O–H groups in total. The summed E-state index contributed by atoms with van der Waals surface area (Å²) in [5.41, 5.74) is 0. The van der Waals surface area contributed by atoms with Gasteiger partial charge in [0.05, 0.1) is 5.88 Å². The van der Waals surface area contributed by atoms with Crippen molar-refractivity contribution < 1.29 is 0 Å². The Labute approximate surface area is 89.5 Å². The highest BCUT2D eigenvalue weighted by molar-refractivity contribution is 6.16. The third-order valence-electron chi connectivity index (χ3n) is 2.64. The Balaban J connectivity index is 2.23. The van der Waals surface area contributed by atoms with Gasteiger partial charge in [-0.2, -0.15) is 0 Å². The lowest BCUT2D eigenvalue weighted by Crippen LogP contribution is -2.10. The van der Waals surface area contributed by atoms with E-state index in [2.05, 4.69) is 28.6 Å². The molecular weight excluding hydrogens is 198 g/mol. The van der Waals surface area contributed by atoms with Crippen LogP contribution in [-0.2, 0) is 12.3 Å². The number of hydrogen-bond acceptors (Lipinski definition) is 2. The van der Waals surface area contributed by atoms with Crippen LogP contribution in [0, 0.1) is 5.92 Å². The maximum absolute atomic E-state index is 5.82. The number of nitrogens with zero attached hydrogens (tertiary/aromatic N) is 3. The van der Waals surface area contributed by atoms with Crippen molar-refractivity contribution in [3.8, 4) is 0 Å². The molecule has 78 valence electrons. The monoisotopic (exact) mass is 213 g/mol. The Morgan fingerprint density at radius 1 is 1.36 bits per heavy atom. The maximum Gasteiger partial charge on any atom is 0.148 e. The van der Waals surface area contributed by atoms with E-state index in [-0.39, 0.29) is 0 Å². The van der Waals surface area contributed by atoms with Gasteiger partial charge in [0.25, 0.3) is 0 Å². The minimum atomic E-state index is 0.410. The molecule has 0 spiro atoms. The van der Waals surface area contributed by atoms with Crippen LogP contribution in [0.2, 0.25) is 0 Å². The largest absolute Gasteiger partial charge is 0.311 e. The molecule has 0 atom stereocenters. The van der Waals surface area contributed by atoms with Crippen LogP contribution in [0.4, 0.5) is 0 Å². The van der Waals surface area contributed by atoms with Crippen LogP contribution in [0.3, 0.4) is 0 Å². The SMILES string of the molecule is CC(C)n1c(CCl)nnc1CC1CC1. The lowest BCUT2D eigenvalue weighted by Gasteiger charge is -2.12. The van der Waals surface area contributed by atoms with Crippen LogP contribution in [0.1, 0.15) is 44.4 Å². The van der Waals surface area contributed by atoms with Gasteiger partial charge in [0, 0.05) is 12.5 Å². The fraction of sp³-hybridized carbons (Fsp3) is 0.800. The van der Waals surface area contributed by atoms with Gasteiger partial charge in [-0.3, -0.25) is 0 Å². The second kappa shape index (κ2) is 3.89. The summed E-state index contributed by atoms with van der Waals surface area (Å²) in [7, 11) is 0. The molecular formula is C10H16ClN3. The Hall–Kier alpha value is -0.570. The lowest BCUT2D eigenvalue weighted by atomic mass is 10.2. The van der Waals surface area contributed by atoms with Gasteiger partial charge in [-0.1, -0.05) is 0 Å². The number of hydrogen-bond donors (Lipinski definition) is 0. The van der Waals surface area contributed by atoms with Crippen LogP contribution in [0.25, 0.3) is 0 Å². The average Bonchev–Trinajstić information content (AvgIpc) is 2.83.